The van der Waals surface area contributed by atoms with Gasteiger partial charge in [0.05, 0.1) is 0 Å². The van der Waals surface area contributed by atoms with Gasteiger partial charge < -0.3 is 0 Å². The molecule has 1 aromatic carbocycles. The minimum atomic E-state index is 0.918. The van der Waals surface area contributed by atoms with E-state index in [0.717, 1.165) is 6.42 Å². The van der Waals surface area contributed by atoms with E-state index < -0.39 is 0 Å². The van der Waals surface area contributed by atoms with Gasteiger partial charge in [0.1, 0.15) is 0 Å². The average Bonchev–Trinajstić information content (AvgIpc) is 2.33. The number of hydrogen-bond acceptors (Lipinski definition) is 0. The molecule has 0 aliphatic rings. The maximum absolute atomic E-state index is 3.82. The van der Waals surface area contributed by atoms with E-state index in [2.05, 4.69) is 56.0 Å². The van der Waals surface area contributed by atoms with Gasteiger partial charge in [-0.1, -0.05) is 72.9 Å². The van der Waals surface area contributed by atoms with Gasteiger partial charge in [0.25, 0.3) is 0 Å². The van der Waals surface area contributed by atoms with Gasteiger partial charge in [0, 0.05) is 0 Å². The zero-order chi connectivity index (χ0) is 12.5. The fourth-order valence-corrected chi connectivity index (χ4v) is 1.54. The summed E-state index contributed by atoms with van der Waals surface area (Å²) in [6.45, 7) is 7.94. The molecule has 0 spiro atoms. The molecule has 0 saturated carbocycles. The van der Waals surface area contributed by atoms with Gasteiger partial charge in [-0.3, -0.25) is 0 Å². The fraction of sp³-hybridized carbons (Fsp3) is 0.176. The quantitative estimate of drug-likeness (QED) is 0.611. The molecule has 88 valence electrons. The van der Waals surface area contributed by atoms with Crippen molar-refractivity contribution in [3.63, 3.8) is 0 Å². The highest BCUT2D eigenvalue weighted by Crippen LogP contribution is 2.09. The summed E-state index contributed by atoms with van der Waals surface area (Å²) in [4.78, 5) is 0. The summed E-state index contributed by atoms with van der Waals surface area (Å²) < 4.78 is 0. The predicted octanol–water partition coefficient (Wildman–Crippen LogP) is 5.09. The van der Waals surface area contributed by atoms with Crippen LogP contribution in [0, 0.1) is 6.92 Å². The molecule has 0 radical (unpaired) electrons. The highest BCUT2D eigenvalue weighted by atomic mass is 13.9. The Bertz CT molecular complexity index is 445. The van der Waals surface area contributed by atoms with Crippen molar-refractivity contribution in [1.29, 1.82) is 0 Å². The van der Waals surface area contributed by atoms with Crippen LogP contribution in [0.2, 0.25) is 0 Å². The van der Waals surface area contributed by atoms with Crippen molar-refractivity contribution < 1.29 is 0 Å². The van der Waals surface area contributed by atoms with Crippen LogP contribution in [-0.4, -0.2) is 0 Å². The summed E-state index contributed by atoms with van der Waals surface area (Å²) >= 11 is 0. The van der Waals surface area contributed by atoms with E-state index in [4.69, 9.17) is 0 Å². The van der Waals surface area contributed by atoms with Crippen molar-refractivity contribution in [1.82, 2.24) is 0 Å². The van der Waals surface area contributed by atoms with Crippen LogP contribution in [0.15, 0.2) is 66.8 Å². The van der Waals surface area contributed by atoms with Crippen molar-refractivity contribution in [3.8, 4) is 0 Å². The van der Waals surface area contributed by atoms with E-state index in [1.54, 1.807) is 0 Å². The van der Waals surface area contributed by atoms with Crippen LogP contribution in [0.5, 0.6) is 0 Å². The largest absolute Gasteiger partial charge is 0.0988 e. The summed E-state index contributed by atoms with van der Waals surface area (Å²) in [5.74, 6) is 0. The first-order valence-corrected chi connectivity index (χ1v) is 5.93. The first-order chi connectivity index (χ1) is 8.26. The molecule has 0 fully saturated rings. The molecule has 17 heavy (non-hydrogen) atoms. The number of benzene rings is 1. The van der Waals surface area contributed by atoms with Crippen molar-refractivity contribution >= 4 is 6.08 Å². The molecule has 0 aliphatic heterocycles. The molecular weight excluding hydrogens is 204 g/mol. The second kappa shape index (κ2) is 7.45. The Kier molecular flexibility index (Phi) is 5.81. The summed E-state index contributed by atoms with van der Waals surface area (Å²) in [5, 5.41) is 0. The summed E-state index contributed by atoms with van der Waals surface area (Å²) in [5.41, 5.74) is 3.77. The van der Waals surface area contributed by atoms with Crippen LogP contribution in [0.1, 0.15) is 24.5 Å². The molecule has 0 unspecified atom stereocenters. The molecule has 0 aliphatic carbocycles. The number of aryl methyl sites for hydroxylation is 1. The third-order valence-electron chi connectivity index (χ3n) is 2.47. The van der Waals surface area contributed by atoms with Crippen LogP contribution in [0.4, 0.5) is 0 Å². The SMILES string of the molecule is C=C/C(=C\C=C/C)C/C=C\c1cccc(C)c1. The molecule has 0 atom stereocenters. The molecule has 0 heterocycles. The first-order valence-electron chi connectivity index (χ1n) is 5.93. The second-order valence-corrected chi connectivity index (χ2v) is 3.99. The van der Waals surface area contributed by atoms with E-state index in [1.165, 1.54) is 16.7 Å². The van der Waals surface area contributed by atoms with Crippen LogP contribution in [-0.2, 0) is 0 Å². The van der Waals surface area contributed by atoms with Gasteiger partial charge in [0.15, 0.2) is 0 Å². The Balaban J connectivity index is 2.63. The molecule has 0 heteroatoms. The first kappa shape index (κ1) is 13.2. The van der Waals surface area contributed by atoms with E-state index in [0.29, 0.717) is 0 Å². The van der Waals surface area contributed by atoms with Gasteiger partial charge in [-0.05, 0) is 31.4 Å². The zero-order valence-corrected chi connectivity index (χ0v) is 10.7. The summed E-state index contributed by atoms with van der Waals surface area (Å²) in [7, 11) is 0. The number of rotatable bonds is 5. The van der Waals surface area contributed by atoms with Gasteiger partial charge in [-0.15, -0.1) is 0 Å². The molecule has 1 aromatic rings. The molecule has 0 saturated heterocycles. The molecule has 1 rings (SSSR count). The Hall–Kier alpha value is -1.82. The van der Waals surface area contributed by atoms with Crippen LogP contribution >= 0.6 is 0 Å². The van der Waals surface area contributed by atoms with E-state index in [1.807, 2.05) is 25.2 Å². The maximum atomic E-state index is 3.82. The second-order valence-electron chi connectivity index (χ2n) is 3.99. The van der Waals surface area contributed by atoms with Gasteiger partial charge >= 0.3 is 0 Å². The van der Waals surface area contributed by atoms with Crippen molar-refractivity contribution in [2.75, 3.05) is 0 Å². The lowest BCUT2D eigenvalue weighted by atomic mass is 10.1. The topological polar surface area (TPSA) is 0 Å². The predicted molar refractivity (Wildman–Crippen MR) is 77.9 cm³/mol. The standard InChI is InChI=1S/C17H20/c1-4-6-10-16(5-2)11-8-13-17-12-7-9-15(3)14-17/h4-10,12-14H,2,11H2,1,3H3/b6-4-,13-8-,16-10+. The van der Waals surface area contributed by atoms with Gasteiger partial charge in [-0.25, -0.2) is 0 Å². The van der Waals surface area contributed by atoms with Crippen LogP contribution in [0.3, 0.4) is 0 Å². The normalized spacial score (nSPS) is 12.5. The minimum absolute atomic E-state index is 0.918. The van der Waals surface area contributed by atoms with Crippen LogP contribution < -0.4 is 0 Å². The smallest absolute Gasteiger partial charge is 0.00943 e. The fourth-order valence-electron chi connectivity index (χ4n) is 1.54. The van der Waals surface area contributed by atoms with E-state index >= 15 is 0 Å². The third kappa shape index (κ3) is 5.17. The number of allylic oxidation sites excluding steroid dienone is 6. The highest BCUT2D eigenvalue weighted by Gasteiger charge is 1.89. The third-order valence-corrected chi connectivity index (χ3v) is 2.47. The zero-order valence-electron chi connectivity index (χ0n) is 10.7. The summed E-state index contributed by atoms with van der Waals surface area (Å²) in [6, 6.07) is 8.49. The Morgan fingerprint density at radius 1 is 1.35 bits per heavy atom. The van der Waals surface area contributed by atoms with Crippen molar-refractivity contribution in [2.45, 2.75) is 20.3 Å². The molecule has 0 aromatic heterocycles. The summed E-state index contributed by atoms with van der Waals surface area (Å²) in [6.07, 6.45) is 13.3. The lowest BCUT2D eigenvalue weighted by molar-refractivity contribution is 1.30. The number of hydrogen-bond donors (Lipinski definition) is 0. The Morgan fingerprint density at radius 2 is 2.18 bits per heavy atom. The minimum Gasteiger partial charge on any atom is -0.0988 e. The van der Waals surface area contributed by atoms with Crippen molar-refractivity contribution in [2.24, 2.45) is 0 Å². The van der Waals surface area contributed by atoms with Crippen LogP contribution in [0.25, 0.3) is 6.08 Å². The monoisotopic (exact) mass is 224 g/mol. The lowest BCUT2D eigenvalue weighted by Crippen LogP contribution is -1.76. The van der Waals surface area contributed by atoms with Gasteiger partial charge in [0.2, 0.25) is 0 Å². The average molecular weight is 224 g/mol. The van der Waals surface area contributed by atoms with Crippen molar-refractivity contribution in [3.05, 3.63) is 77.9 Å². The highest BCUT2D eigenvalue weighted by molar-refractivity contribution is 5.50. The molecular formula is C17H20. The molecule has 0 amide bonds. The Labute approximate surface area is 105 Å². The maximum Gasteiger partial charge on any atom is -0.00943 e. The van der Waals surface area contributed by atoms with Gasteiger partial charge in [-0.2, -0.15) is 0 Å². The molecule has 0 N–H and O–H groups in total. The van der Waals surface area contributed by atoms with E-state index in [-0.39, 0.29) is 0 Å². The van der Waals surface area contributed by atoms with E-state index in [9.17, 15) is 0 Å². The molecule has 0 nitrogen and oxygen atoms in total. The Morgan fingerprint density at radius 3 is 2.82 bits per heavy atom. The molecule has 0 bridgehead atoms. The lowest BCUT2D eigenvalue weighted by Gasteiger charge is -1.97.